The quantitative estimate of drug-likeness (QED) is 0.0909. The summed E-state index contributed by atoms with van der Waals surface area (Å²) in [5.41, 5.74) is 0. The Morgan fingerprint density at radius 2 is 0.568 bits per heavy atom. The zero-order valence-electron chi connectivity index (χ0n) is 24.1. The molecule has 0 rings (SSSR count). The van der Waals surface area contributed by atoms with Gasteiger partial charge in [-0.3, -0.25) is 0 Å². The number of hydrogen-bond acceptors (Lipinski definition) is 10. The molecule has 0 bridgehead atoms. The zero-order chi connectivity index (χ0) is 27.1. The molecule has 0 radical (unpaired) electrons. The molecule has 0 aromatic heterocycles. The second kappa shape index (κ2) is 30.4. The van der Waals surface area contributed by atoms with Crippen LogP contribution in [0.4, 0.5) is 0 Å². The molecule has 0 aromatic rings. The average Bonchev–Trinajstić information content (AvgIpc) is 2.86. The fourth-order valence-corrected chi connectivity index (χ4v) is 3.42. The molecule has 37 heavy (non-hydrogen) atoms. The second-order valence-corrected chi connectivity index (χ2v) is 13.7. The number of hydrogen-bond donors (Lipinski definition) is 0. The van der Waals surface area contributed by atoms with Gasteiger partial charge in [0.1, 0.15) is 0 Å². The van der Waals surface area contributed by atoms with Crippen molar-refractivity contribution in [3.8, 4) is 0 Å². The highest BCUT2D eigenvalue weighted by molar-refractivity contribution is 6.69. The van der Waals surface area contributed by atoms with Crippen LogP contribution in [-0.4, -0.2) is 134 Å². The Labute approximate surface area is 227 Å². The first-order valence-corrected chi connectivity index (χ1v) is 17.3. The zero-order valence-corrected chi connectivity index (χ0v) is 25.1. The molecule has 0 aliphatic carbocycles. The first-order chi connectivity index (χ1) is 18.1. The van der Waals surface area contributed by atoms with E-state index in [1.807, 2.05) is 0 Å². The van der Waals surface area contributed by atoms with Crippen molar-refractivity contribution in [3.63, 3.8) is 0 Å². The number of unbranched alkanes of at least 4 members (excludes halogenated alkanes) is 2. The highest BCUT2D eigenvalue weighted by atomic mass is 28.4. The summed E-state index contributed by atoms with van der Waals surface area (Å²) in [6.45, 7) is 19.7. The highest BCUT2D eigenvalue weighted by Gasteiger charge is 2.13. The Hall–Kier alpha value is -0.183. The Morgan fingerprint density at radius 3 is 0.811 bits per heavy atom. The van der Waals surface area contributed by atoms with Gasteiger partial charge in [0, 0.05) is 6.61 Å². The van der Waals surface area contributed by atoms with E-state index in [9.17, 15) is 0 Å². The van der Waals surface area contributed by atoms with Crippen LogP contribution in [0, 0.1) is 0 Å². The lowest BCUT2D eigenvalue weighted by atomic mass is 10.3. The minimum atomic E-state index is -1.44. The van der Waals surface area contributed by atoms with Crippen molar-refractivity contribution in [2.75, 3.05) is 126 Å². The van der Waals surface area contributed by atoms with Gasteiger partial charge in [0.05, 0.1) is 119 Å². The van der Waals surface area contributed by atoms with Crippen molar-refractivity contribution in [2.24, 2.45) is 0 Å². The summed E-state index contributed by atoms with van der Waals surface area (Å²) in [5.74, 6) is 0. The fourth-order valence-electron chi connectivity index (χ4n) is 2.72. The summed E-state index contributed by atoms with van der Waals surface area (Å²) >= 11 is 0. The van der Waals surface area contributed by atoms with Crippen molar-refractivity contribution in [1.29, 1.82) is 0 Å². The highest BCUT2D eigenvalue weighted by Crippen LogP contribution is 2.01. The summed E-state index contributed by atoms with van der Waals surface area (Å²) in [6.07, 6.45) is 3.56. The Bertz CT molecular complexity index is 427. The molecular weight excluding hydrogens is 500 g/mol. The molecule has 0 N–H and O–H groups in total. The lowest BCUT2D eigenvalue weighted by Gasteiger charge is -2.16. The van der Waals surface area contributed by atoms with Gasteiger partial charge in [-0.15, -0.1) is 0 Å². The summed E-state index contributed by atoms with van der Waals surface area (Å²) < 4.78 is 54.9. The van der Waals surface area contributed by atoms with E-state index < -0.39 is 8.32 Å². The molecule has 0 aliphatic heterocycles. The topological polar surface area (TPSA) is 92.3 Å². The molecule has 0 fully saturated rings. The molecular formula is C26H56O10Si. The van der Waals surface area contributed by atoms with Gasteiger partial charge < -0.3 is 47.1 Å². The summed E-state index contributed by atoms with van der Waals surface area (Å²) in [6, 6.07) is 0. The van der Waals surface area contributed by atoms with Crippen LogP contribution in [0.3, 0.4) is 0 Å². The minimum absolute atomic E-state index is 0.533. The number of ether oxygens (including phenoxy) is 9. The molecule has 224 valence electrons. The summed E-state index contributed by atoms with van der Waals surface area (Å²) in [5, 5.41) is 0. The van der Waals surface area contributed by atoms with Crippen LogP contribution in [0.1, 0.15) is 26.2 Å². The van der Waals surface area contributed by atoms with Crippen LogP contribution in [0.15, 0.2) is 0 Å². The molecule has 10 nitrogen and oxygen atoms in total. The molecule has 0 atom stereocenters. The van der Waals surface area contributed by atoms with Crippen LogP contribution in [0.2, 0.25) is 19.6 Å². The van der Waals surface area contributed by atoms with E-state index in [2.05, 4.69) is 26.6 Å². The molecule has 0 saturated heterocycles. The van der Waals surface area contributed by atoms with Crippen LogP contribution in [-0.2, 0) is 47.1 Å². The van der Waals surface area contributed by atoms with Gasteiger partial charge in [0.2, 0.25) is 0 Å². The standard InChI is InChI=1S/C26H56O10Si/c1-5-6-7-8-27-9-10-28-11-12-29-13-14-30-15-16-31-17-18-32-19-20-33-21-22-34-23-24-35-25-26-36-37(2,3)4/h5-26H2,1-4H3. The minimum Gasteiger partial charge on any atom is -0.415 e. The molecule has 11 heteroatoms. The Morgan fingerprint density at radius 1 is 0.324 bits per heavy atom. The lowest BCUT2D eigenvalue weighted by Crippen LogP contribution is -2.27. The lowest BCUT2D eigenvalue weighted by molar-refractivity contribution is -0.0254. The van der Waals surface area contributed by atoms with E-state index in [1.165, 1.54) is 12.8 Å². The first kappa shape index (κ1) is 36.8. The van der Waals surface area contributed by atoms with E-state index in [1.54, 1.807) is 0 Å². The van der Waals surface area contributed by atoms with E-state index in [0.29, 0.717) is 119 Å². The van der Waals surface area contributed by atoms with Crippen LogP contribution >= 0.6 is 0 Å². The Balaban J connectivity index is 3.04. The Kier molecular flexibility index (Phi) is 30.2. The van der Waals surface area contributed by atoms with Gasteiger partial charge in [0.25, 0.3) is 0 Å². The third kappa shape index (κ3) is 35.8. The van der Waals surface area contributed by atoms with Gasteiger partial charge in [-0.1, -0.05) is 19.8 Å². The van der Waals surface area contributed by atoms with E-state index in [0.717, 1.165) is 13.0 Å². The maximum atomic E-state index is 5.71. The van der Waals surface area contributed by atoms with Crippen molar-refractivity contribution in [3.05, 3.63) is 0 Å². The summed E-state index contributed by atoms with van der Waals surface area (Å²) in [4.78, 5) is 0. The van der Waals surface area contributed by atoms with Gasteiger partial charge in [0.15, 0.2) is 8.32 Å². The second-order valence-electron chi connectivity index (χ2n) is 9.18. The third-order valence-electron chi connectivity index (χ3n) is 4.63. The monoisotopic (exact) mass is 556 g/mol. The van der Waals surface area contributed by atoms with Gasteiger partial charge in [-0.2, -0.15) is 0 Å². The van der Waals surface area contributed by atoms with Crippen molar-refractivity contribution >= 4 is 8.32 Å². The first-order valence-electron chi connectivity index (χ1n) is 13.9. The maximum Gasteiger partial charge on any atom is 0.183 e. The molecule has 0 spiro atoms. The molecule has 0 amide bonds. The van der Waals surface area contributed by atoms with Gasteiger partial charge in [-0.25, -0.2) is 0 Å². The molecule has 0 aliphatic rings. The van der Waals surface area contributed by atoms with E-state index in [4.69, 9.17) is 47.1 Å². The van der Waals surface area contributed by atoms with Crippen molar-refractivity contribution in [2.45, 2.75) is 45.8 Å². The predicted molar refractivity (Wildman–Crippen MR) is 146 cm³/mol. The normalized spacial score (nSPS) is 12.0. The van der Waals surface area contributed by atoms with Crippen LogP contribution in [0.5, 0.6) is 0 Å². The SMILES string of the molecule is CCCCCOCCOCCOCCOCCOCCOCCOCCOCCOCCO[Si](C)(C)C. The largest absolute Gasteiger partial charge is 0.415 e. The van der Waals surface area contributed by atoms with Crippen LogP contribution < -0.4 is 0 Å². The fraction of sp³-hybridized carbons (Fsp3) is 1.00. The third-order valence-corrected chi connectivity index (χ3v) is 5.70. The maximum absolute atomic E-state index is 5.71. The van der Waals surface area contributed by atoms with Crippen molar-refractivity contribution < 1.29 is 47.1 Å². The van der Waals surface area contributed by atoms with E-state index in [-0.39, 0.29) is 0 Å². The molecule has 0 aromatic carbocycles. The molecule has 0 heterocycles. The van der Waals surface area contributed by atoms with Gasteiger partial charge >= 0.3 is 0 Å². The molecule has 0 saturated carbocycles. The smallest absolute Gasteiger partial charge is 0.183 e. The summed E-state index contributed by atoms with van der Waals surface area (Å²) in [7, 11) is -1.44. The van der Waals surface area contributed by atoms with Crippen molar-refractivity contribution in [1.82, 2.24) is 0 Å². The van der Waals surface area contributed by atoms with Crippen LogP contribution in [0.25, 0.3) is 0 Å². The van der Waals surface area contributed by atoms with Gasteiger partial charge in [-0.05, 0) is 26.1 Å². The van der Waals surface area contributed by atoms with E-state index >= 15 is 0 Å². The number of rotatable bonds is 32. The average molecular weight is 557 g/mol. The molecule has 0 unspecified atom stereocenters. The predicted octanol–water partition coefficient (Wildman–Crippen LogP) is 3.18.